The van der Waals surface area contributed by atoms with Crippen LogP contribution in [0, 0.1) is 5.82 Å². The van der Waals surface area contributed by atoms with Crippen LogP contribution in [-0.2, 0) is 12.1 Å². The summed E-state index contributed by atoms with van der Waals surface area (Å²) in [6, 6.07) is 9.04. The van der Waals surface area contributed by atoms with Crippen LogP contribution in [0.5, 0.6) is 0 Å². The summed E-state index contributed by atoms with van der Waals surface area (Å²) in [5.74, 6) is -0.908. The number of halogens is 3. The minimum absolute atomic E-state index is 0.0147. The quantitative estimate of drug-likeness (QED) is 0.637. The summed E-state index contributed by atoms with van der Waals surface area (Å²) in [5, 5.41) is 19.0. The predicted octanol–water partition coefficient (Wildman–Crippen LogP) is 3.43. The van der Waals surface area contributed by atoms with Crippen molar-refractivity contribution in [3.63, 3.8) is 0 Å². The number of aliphatic hydroxyl groups is 1. The number of hydrogen-bond donors (Lipinski definition) is 2. The molecule has 0 aliphatic carbocycles. The highest BCUT2D eigenvalue weighted by Gasteiger charge is 2.39. The van der Waals surface area contributed by atoms with Gasteiger partial charge in [-0.2, -0.15) is 5.10 Å². The molecular formula is C19H17Cl2FN4O2. The van der Waals surface area contributed by atoms with Gasteiger partial charge < -0.3 is 10.4 Å². The van der Waals surface area contributed by atoms with Gasteiger partial charge >= 0.3 is 0 Å². The molecule has 28 heavy (non-hydrogen) atoms. The van der Waals surface area contributed by atoms with E-state index in [1.165, 1.54) is 47.7 Å². The zero-order valence-electron chi connectivity index (χ0n) is 14.8. The Balaban J connectivity index is 1.93. The first-order chi connectivity index (χ1) is 13.3. The molecule has 1 aromatic heterocycles. The lowest BCUT2D eigenvalue weighted by Crippen LogP contribution is -2.51. The molecule has 0 aliphatic rings. The van der Waals surface area contributed by atoms with Crippen molar-refractivity contribution in [1.29, 1.82) is 0 Å². The van der Waals surface area contributed by atoms with Crippen molar-refractivity contribution in [3.8, 4) is 0 Å². The Morgan fingerprint density at radius 2 is 2.00 bits per heavy atom. The van der Waals surface area contributed by atoms with Crippen molar-refractivity contribution in [3.05, 3.63) is 82.1 Å². The monoisotopic (exact) mass is 422 g/mol. The fourth-order valence-corrected chi connectivity index (χ4v) is 3.43. The van der Waals surface area contributed by atoms with Crippen LogP contribution in [0.1, 0.15) is 22.8 Å². The first-order valence-electron chi connectivity index (χ1n) is 8.36. The van der Waals surface area contributed by atoms with E-state index in [1.807, 2.05) is 0 Å². The molecule has 1 heterocycles. The number of carbonyl (C=O) groups is 1. The van der Waals surface area contributed by atoms with E-state index >= 15 is 0 Å². The van der Waals surface area contributed by atoms with Gasteiger partial charge in [-0.3, -0.25) is 4.79 Å². The van der Waals surface area contributed by atoms with Crippen LogP contribution >= 0.6 is 23.2 Å². The molecule has 0 bridgehead atoms. The number of amides is 1. The summed E-state index contributed by atoms with van der Waals surface area (Å²) >= 11 is 12.3. The van der Waals surface area contributed by atoms with E-state index in [1.54, 1.807) is 19.1 Å². The number of aromatic nitrogens is 3. The van der Waals surface area contributed by atoms with Gasteiger partial charge in [0.15, 0.2) is 0 Å². The average Bonchev–Trinajstić information content (AvgIpc) is 3.14. The summed E-state index contributed by atoms with van der Waals surface area (Å²) in [6.07, 6.45) is 2.79. The Kier molecular flexibility index (Phi) is 5.98. The summed E-state index contributed by atoms with van der Waals surface area (Å²) in [5.41, 5.74) is -0.982. The second kappa shape index (κ2) is 8.26. The van der Waals surface area contributed by atoms with Crippen LogP contribution in [0.2, 0.25) is 10.0 Å². The van der Waals surface area contributed by atoms with E-state index in [0.29, 0.717) is 10.6 Å². The van der Waals surface area contributed by atoms with Crippen molar-refractivity contribution in [2.24, 2.45) is 0 Å². The van der Waals surface area contributed by atoms with Crippen LogP contribution < -0.4 is 5.32 Å². The lowest BCUT2D eigenvalue weighted by Gasteiger charge is -2.35. The van der Waals surface area contributed by atoms with Crippen LogP contribution in [-0.4, -0.2) is 31.8 Å². The summed E-state index contributed by atoms with van der Waals surface area (Å²) < 4.78 is 14.5. The highest BCUT2D eigenvalue weighted by Crippen LogP contribution is 2.34. The number of benzene rings is 2. The molecule has 6 nitrogen and oxygen atoms in total. The van der Waals surface area contributed by atoms with Gasteiger partial charge in [-0.05, 0) is 43.3 Å². The molecule has 2 atom stereocenters. The highest BCUT2D eigenvalue weighted by molar-refractivity contribution is 6.35. The van der Waals surface area contributed by atoms with Crippen molar-refractivity contribution >= 4 is 29.1 Å². The third kappa shape index (κ3) is 4.32. The van der Waals surface area contributed by atoms with E-state index in [9.17, 15) is 14.3 Å². The molecule has 9 heteroatoms. The Morgan fingerprint density at radius 1 is 1.29 bits per heavy atom. The van der Waals surface area contributed by atoms with Crippen molar-refractivity contribution in [1.82, 2.24) is 20.1 Å². The molecule has 0 aliphatic heterocycles. The third-order valence-corrected chi connectivity index (χ3v) is 4.99. The largest absolute Gasteiger partial charge is 0.381 e. The van der Waals surface area contributed by atoms with E-state index in [-0.39, 0.29) is 17.1 Å². The number of rotatable bonds is 6. The molecule has 146 valence electrons. The van der Waals surface area contributed by atoms with Gasteiger partial charge in [0.2, 0.25) is 0 Å². The summed E-state index contributed by atoms with van der Waals surface area (Å²) in [4.78, 5) is 16.4. The van der Waals surface area contributed by atoms with Crippen LogP contribution in [0.4, 0.5) is 4.39 Å². The second-order valence-corrected chi connectivity index (χ2v) is 7.19. The van der Waals surface area contributed by atoms with Gasteiger partial charge in [-0.15, -0.1) is 0 Å². The van der Waals surface area contributed by atoms with Gasteiger partial charge in [0.1, 0.15) is 24.1 Å². The maximum atomic E-state index is 13.1. The standard InChI is InChI=1S/C19H17Cl2FN4O2/c1-12(25-18(27)13-2-5-15(22)6-3-13)19(28,9-26-11-23-10-24-26)16-7-4-14(20)8-17(16)21/h2-8,10-12,28H,9H2,1H3,(H,25,27)/t12-,19-/m0/s1. The van der Waals surface area contributed by atoms with Gasteiger partial charge in [0.05, 0.1) is 12.6 Å². The molecule has 2 N–H and O–H groups in total. The Bertz CT molecular complexity index is 967. The van der Waals surface area contributed by atoms with Crippen molar-refractivity contribution in [2.75, 3.05) is 0 Å². The third-order valence-electron chi connectivity index (χ3n) is 4.44. The van der Waals surface area contributed by atoms with Crippen LogP contribution in [0.3, 0.4) is 0 Å². The zero-order chi connectivity index (χ0) is 20.3. The summed E-state index contributed by atoms with van der Waals surface area (Å²) in [7, 11) is 0. The molecule has 0 saturated heterocycles. The smallest absolute Gasteiger partial charge is 0.251 e. The maximum Gasteiger partial charge on any atom is 0.251 e. The Labute approximate surface area is 170 Å². The van der Waals surface area contributed by atoms with Crippen LogP contribution in [0.15, 0.2) is 55.1 Å². The molecule has 0 unspecified atom stereocenters. The van der Waals surface area contributed by atoms with Crippen molar-refractivity contribution < 1.29 is 14.3 Å². The predicted molar refractivity (Wildman–Crippen MR) is 104 cm³/mol. The van der Waals surface area contributed by atoms with E-state index in [4.69, 9.17) is 23.2 Å². The van der Waals surface area contributed by atoms with E-state index < -0.39 is 23.4 Å². The lowest BCUT2D eigenvalue weighted by atomic mass is 9.86. The Morgan fingerprint density at radius 3 is 2.61 bits per heavy atom. The molecule has 3 rings (SSSR count). The minimum Gasteiger partial charge on any atom is -0.381 e. The lowest BCUT2D eigenvalue weighted by molar-refractivity contribution is -0.0155. The number of hydrogen-bond acceptors (Lipinski definition) is 4. The molecular weight excluding hydrogens is 406 g/mol. The van der Waals surface area contributed by atoms with E-state index in [2.05, 4.69) is 15.4 Å². The number of nitrogens with one attached hydrogen (secondary N) is 1. The molecule has 1 amide bonds. The minimum atomic E-state index is -1.62. The fourth-order valence-electron chi connectivity index (χ4n) is 2.86. The van der Waals surface area contributed by atoms with Crippen LogP contribution in [0.25, 0.3) is 0 Å². The van der Waals surface area contributed by atoms with E-state index in [0.717, 1.165) is 0 Å². The first kappa shape index (κ1) is 20.3. The average molecular weight is 423 g/mol. The van der Waals surface area contributed by atoms with Gasteiger partial charge in [-0.1, -0.05) is 29.3 Å². The summed E-state index contributed by atoms with van der Waals surface area (Å²) in [6.45, 7) is 1.63. The molecule has 0 saturated carbocycles. The molecule has 0 fully saturated rings. The first-order valence-corrected chi connectivity index (χ1v) is 9.12. The number of carbonyl (C=O) groups excluding carboxylic acids is 1. The highest BCUT2D eigenvalue weighted by atomic mass is 35.5. The normalized spacial score (nSPS) is 14.3. The van der Waals surface area contributed by atoms with Crippen molar-refractivity contribution in [2.45, 2.75) is 25.1 Å². The van der Waals surface area contributed by atoms with Gasteiger partial charge in [0.25, 0.3) is 5.91 Å². The fraction of sp³-hybridized carbons (Fsp3) is 0.211. The molecule has 2 aromatic carbocycles. The molecule has 0 radical (unpaired) electrons. The maximum absolute atomic E-state index is 13.1. The molecule has 0 spiro atoms. The van der Waals surface area contributed by atoms with Gasteiger partial charge in [0, 0.05) is 21.2 Å². The molecule has 3 aromatic rings. The topological polar surface area (TPSA) is 80.0 Å². The zero-order valence-corrected chi connectivity index (χ0v) is 16.3. The second-order valence-electron chi connectivity index (χ2n) is 6.34. The SMILES string of the molecule is C[C@H](NC(=O)c1ccc(F)cc1)[C@@](O)(Cn1cncn1)c1ccc(Cl)cc1Cl. The van der Waals surface area contributed by atoms with Gasteiger partial charge in [-0.25, -0.2) is 14.1 Å². The number of nitrogens with zero attached hydrogens (tertiary/aromatic N) is 3. The Hall–Kier alpha value is -2.48.